The third kappa shape index (κ3) is 0.700. The van der Waals surface area contributed by atoms with Gasteiger partial charge in [0.2, 0.25) is 0 Å². The molecule has 1 aliphatic heterocycles. The third-order valence-electron chi connectivity index (χ3n) is 2.70. The predicted molar refractivity (Wildman–Crippen MR) is 35.3 cm³/mol. The van der Waals surface area contributed by atoms with E-state index in [2.05, 4.69) is 5.32 Å². The minimum Gasteiger partial charge on any atom is -0.378 e. The Morgan fingerprint density at radius 2 is 2.56 bits per heavy atom. The van der Waals surface area contributed by atoms with Crippen LogP contribution in [-0.4, -0.2) is 25.8 Å². The lowest BCUT2D eigenvalue weighted by molar-refractivity contribution is 0.0488. The van der Waals surface area contributed by atoms with Crippen molar-refractivity contribution in [3.8, 4) is 0 Å². The number of ether oxygens (including phenoxy) is 1. The molecule has 1 heterocycles. The second-order valence-corrected chi connectivity index (χ2v) is 3.12. The van der Waals surface area contributed by atoms with E-state index >= 15 is 0 Å². The predicted octanol–water partition coefficient (Wildman–Crippen LogP) is 0.385. The quantitative estimate of drug-likeness (QED) is 0.550. The van der Waals surface area contributed by atoms with E-state index in [-0.39, 0.29) is 0 Å². The van der Waals surface area contributed by atoms with E-state index in [1.807, 2.05) is 7.11 Å². The van der Waals surface area contributed by atoms with Gasteiger partial charge in [0.25, 0.3) is 0 Å². The largest absolute Gasteiger partial charge is 0.378 e. The lowest BCUT2D eigenvalue weighted by Crippen LogP contribution is -2.33. The molecular weight excluding hydrogens is 114 g/mol. The summed E-state index contributed by atoms with van der Waals surface area (Å²) in [5.41, 5.74) is 0.325. The van der Waals surface area contributed by atoms with Gasteiger partial charge < -0.3 is 10.1 Å². The van der Waals surface area contributed by atoms with E-state index in [4.69, 9.17) is 4.74 Å². The van der Waals surface area contributed by atoms with E-state index in [0.717, 1.165) is 12.5 Å². The number of methoxy groups -OCH3 is 1. The second kappa shape index (κ2) is 1.70. The van der Waals surface area contributed by atoms with Crippen molar-refractivity contribution in [3.05, 3.63) is 0 Å². The molecule has 2 fully saturated rings. The lowest BCUT2D eigenvalue weighted by atomic mass is 10.1. The molecule has 2 rings (SSSR count). The maximum atomic E-state index is 5.41. The van der Waals surface area contributed by atoms with Crippen LogP contribution >= 0.6 is 0 Å². The van der Waals surface area contributed by atoms with E-state index in [1.165, 1.54) is 19.4 Å². The molecule has 0 aromatic heterocycles. The number of hydrogen-bond acceptors (Lipinski definition) is 2. The lowest BCUT2D eigenvalue weighted by Gasteiger charge is -2.20. The molecule has 2 aliphatic rings. The van der Waals surface area contributed by atoms with Crippen LogP contribution in [0.3, 0.4) is 0 Å². The number of piperidine rings is 1. The molecule has 2 nitrogen and oxygen atoms in total. The molecule has 0 spiro atoms. The highest BCUT2D eigenvalue weighted by atomic mass is 16.5. The Labute approximate surface area is 55.6 Å². The molecule has 1 saturated heterocycles. The Morgan fingerprint density at radius 3 is 3.11 bits per heavy atom. The van der Waals surface area contributed by atoms with Crippen LogP contribution in [0.15, 0.2) is 0 Å². The third-order valence-corrected chi connectivity index (χ3v) is 2.70. The Bertz CT molecular complexity index is 126. The summed E-state index contributed by atoms with van der Waals surface area (Å²) in [5.74, 6) is 0.830. The van der Waals surface area contributed by atoms with Crippen molar-refractivity contribution in [3.63, 3.8) is 0 Å². The van der Waals surface area contributed by atoms with Crippen LogP contribution in [0.1, 0.15) is 12.8 Å². The zero-order valence-corrected chi connectivity index (χ0v) is 5.81. The monoisotopic (exact) mass is 127 g/mol. The Balaban J connectivity index is 2.01. The average molecular weight is 127 g/mol. The average Bonchev–Trinajstić information content (AvgIpc) is 2.62. The van der Waals surface area contributed by atoms with Gasteiger partial charge in [0.1, 0.15) is 0 Å². The second-order valence-electron chi connectivity index (χ2n) is 3.12. The van der Waals surface area contributed by atoms with Crippen LogP contribution in [0.5, 0.6) is 0 Å². The van der Waals surface area contributed by atoms with Gasteiger partial charge in [0.05, 0.1) is 5.60 Å². The SMILES string of the molecule is COC12CCNCC1C2. The molecule has 52 valence electrons. The number of nitrogens with one attached hydrogen (secondary N) is 1. The summed E-state index contributed by atoms with van der Waals surface area (Å²) in [6.07, 6.45) is 2.50. The minimum atomic E-state index is 0.325. The summed E-state index contributed by atoms with van der Waals surface area (Å²) >= 11 is 0. The first-order valence-electron chi connectivity index (χ1n) is 3.63. The van der Waals surface area contributed by atoms with Gasteiger partial charge in [-0.15, -0.1) is 0 Å². The smallest absolute Gasteiger partial charge is 0.0736 e. The molecule has 2 unspecified atom stereocenters. The highest BCUT2D eigenvalue weighted by molar-refractivity contribution is 5.08. The van der Waals surface area contributed by atoms with Gasteiger partial charge in [-0.2, -0.15) is 0 Å². The molecule has 1 N–H and O–H groups in total. The fourth-order valence-electron chi connectivity index (χ4n) is 1.85. The first-order chi connectivity index (χ1) is 4.37. The van der Waals surface area contributed by atoms with Gasteiger partial charge in [-0.3, -0.25) is 0 Å². The number of rotatable bonds is 1. The molecule has 0 aromatic rings. The molecule has 9 heavy (non-hydrogen) atoms. The standard InChI is InChI=1S/C7H13NO/c1-9-7-2-3-8-5-6(7)4-7/h6,8H,2-5H2,1H3. The zero-order valence-electron chi connectivity index (χ0n) is 5.81. The van der Waals surface area contributed by atoms with Crippen molar-refractivity contribution < 1.29 is 4.74 Å². The summed E-state index contributed by atoms with van der Waals surface area (Å²) < 4.78 is 5.41. The summed E-state index contributed by atoms with van der Waals surface area (Å²) in [5, 5.41) is 3.36. The van der Waals surface area contributed by atoms with Gasteiger partial charge in [0, 0.05) is 19.6 Å². The van der Waals surface area contributed by atoms with Crippen molar-refractivity contribution in [2.75, 3.05) is 20.2 Å². The molecule has 0 aromatic carbocycles. The fraction of sp³-hybridized carbons (Fsp3) is 1.00. The van der Waals surface area contributed by atoms with Crippen molar-refractivity contribution in [2.24, 2.45) is 5.92 Å². The van der Waals surface area contributed by atoms with E-state index in [9.17, 15) is 0 Å². The van der Waals surface area contributed by atoms with Gasteiger partial charge in [-0.1, -0.05) is 0 Å². The van der Waals surface area contributed by atoms with Crippen LogP contribution in [0.25, 0.3) is 0 Å². The van der Waals surface area contributed by atoms with Crippen LogP contribution in [0.4, 0.5) is 0 Å². The molecule has 2 heteroatoms. The summed E-state index contributed by atoms with van der Waals surface area (Å²) in [7, 11) is 1.84. The van der Waals surface area contributed by atoms with Crippen molar-refractivity contribution in [1.29, 1.82) is 0 Å². The molecule has 0 bridgehead atoms. The zero-order chi connectivity index (χ0) is 6.32. The van der Waals surface area contributed by atoms with Crippen molar-refractivity contribution in [2.45, 2.75) is 18.4 Å². The fourth-order valence-corrected chi connectivity index (χ4v) is 1.85. The molecule has 1 aliphatic carbocycles. The first-order valence-corrected chi connectivity index (χ1v) is 3.63. The molecule has 2 atom stereocenters. The van der Waals surface area contributed by atoms with Gasteiger partial charge in [-0.25, -0.2) is 0 Å². The van der Waals surface area contributed by atoms with Crippen LogP contribution in [-0.2, 0) is 4.74 Å². The molecule has 0 amide bonds. The summed E-state index contributed by atoms with van der Waals surface area (Å²) in [4.78, 5) is 0. The summed E-state index contributed by atoms with van der Waals surface area (Å²) in [6.45, 7) is 2.32. The Hall–Kier alpha value is -0.0800. The Kier molecular flexibility index (Phi) is 1.08. The van der Waals surface area contributed by atoms with Gasteiger partial charge >= 0.3 is 0 Å². The minimum absolute atomic E-state index is 0.325. The maximum Gasteiger partial charge on any atom is 0.0736 e. The Morgan fingerprint density at radius 1 is 1.67 bits per heavy atom. The number of fused-ring (bicyclic) bond motifs is 1. The highest BCUT2D eigenvalue weighted by Crippen LogP contribution is 2.50. The van der Waals surface area contributed by atoms with E-state index in [0.29, 0.717) is 5.60 Å². The van der Waals surface area contributed by atoms with Gasteiger partial charge in [-0.05, 0) is 19.4 Å². The first kappa shape index (κ1) is 5.69. The van der Waals surface area contributed by atoms with Crippen molar-refractivity contribution in [1.82, 2.24) is 5.32 Å². The normalized spacial score (nSPS) is 48.3. The molecular formula is C7H13NO. The van der Waals surface area contributed by atoms with Gasteiger partial charge in [0.15, 0.2) is 0 Å². The van der Waals surface area contributed by atoms with Crippen LogP contribution in [0, 0.1) is 5.92 Å². The number of hydrogen-bond donors (Lipinski definition) is 1. The van der Waals surface area contributed by atoms with Crippen molar-refractivity contribution >= 4 is 0 Å². The van der Waals surface area contributed by atoms with E-state index < -0.39 is 0 Å². The summed E-state index contributed by atoms with van der Waals surface area (Å²) in [6, 6.07) is 0. The van der Waals surface area contributed by atoms with E-state index in [1.54, 1.807) is 0 Å². The molecule has 0 radical (unpaired) electrons. The molecule has 1 saturated carbocycles. The topological polar surface area (TPSA) is 21.3 Å². The van der Waals surface area contributed by atoms with Crippen LogP contribution < -0.4 is 5.32 Å². The maximum absolute atomic E-state index is 5.41. The van der Waals surface area contributed by atoms with Crippen LogP contribution in [0.2, 0.25) is 0 Å². The highest BCUT2D eigenvalue weighted by Gasteiger charge is 2.55.